The standard InChI is InChI=1S/C24H27N3O4/c1-18-10-11-20(31-18)15-26-14-12-24(21(28)16-26,19-7-3-2-4-8-19)25-22(29)17-27-13-6-5-9-23(27)30/h2-11,13,21,28H,12,14-17H2,1H3,(H,25,29)/t21-,24-/m1/s1. The van der Waals surface area contributed by atoms with E-state index < -0.39 is 11.6 Å². The fourth-order valence-corrected chi connectivity index (χ4v) is 4.25. The molecule has 0 aliphatic carbocycles. The van der Waals surface area contributed by atoms with E-state index in [1.165, 1.54) is 10.6 Å². The lowest BCUT2D eigenvalue weighted by atomic mass is 9.78. The predicted octanol–water partition coefficient (Wildman–Crippen LogP) is 2.03. The number of aryl methyl sites for hydroxylation is 1. The number of nitrogens with zero attached hydrogens (tertiary/aromatic N) is 2. The number of aromatic nitrogens is 1. The monoisotopic (exact) mass is 421 g/mol. The summed E-state index contributed by atoms with van der Waals surface area (Å²) in [5, 5.41) is 14.3. The molecule has 1 aliphatic heterocycles. The fourth-order valence-electron chi connectivity index (χ4n) is 4.25. The van der Waals surface area contributed by atoms with Gasteiger partial charge in [0.25, 0.3) is 5.56 Å². The first-order chi connectivity index (χ1) is 15.0. The normalized spacial score (nSPS) is 21.7. The van der Waals surface area contributed by atoms with E-state index in [4.69, 9.17) is 4.42 Å². The molecule has 3 heterocycles. The number of nitrogens with one attached hydrogen (secondary N) is 1. The number of carbonyl (C=O) groups excluding carboxylic acids is 1. The smallest absolute Gasteiger partial charge is 0.250 e. The van der Waals surface area contributed by atoms with Gasteiger partial charge >= 0.3 is 0 Å². The maximum atomic E-state index is 12.9. The molecule has 1 fully saturated rings. The summed E-state index contributed by atoms with van der Waals surface area (Å²) in [6.45, 7) is 3.47. The van der Waals surface area contributed by atoms with Gasteiger partial charge in [0.05, 0.1) is 18.2 Å². The molecule has 1 saturated heterocycles. The summed E-state index contributed by atoms with van der Waals surface area (Å²) in [7, 11) is 0. The Morgan fingerprint density at radius 2 is 1.94 bits per heavy atom. The van der Waals surface area contributed by atoms with Gasteiger partial charge in [0, 0.05) is 25.4 Å². The zero-order valence-corrected chi connectivity index (χ0v) is 17.5. The fraction of sp³-hybridized carbons (Fsp3) is 0.333. The molecule has 1 aromatic carbocycles. The maximum Gasteiger partial charge on any atom is 0.250 e. The zero-order chi connectivity index (χ0) is 21.8. The van der Waals surface area contributed by atoms with E-state index >= 15 is 0 Å². The molecule has 2 N–H and O–H groups in total. The molecule has 162 valence electrons. The molecule has 0 radical (unpaired) electrons. The van der Waals surface area contributed by atoms with Gasteiger partial charge in [-0.25, -0.2) is 0 Å². The Hall–Kier alpha value is -3.16. The van der Waals surface area contributed by atoms with Gasteiger partial charge in [-0.3, -0.25) is 14.5 Å². The van der Waals surface area contributed by atoms with Crippen LogP contribution in [0.2, 0.25) is 0 Å². The van der Waals surface area contributed by atoms with Gasteiger partial charge in [0.15, 0.2) is 0 Å². The lowest BCUT2D eigenvalue weighted by molar-refractivity contribution is -0.127. The average Bonchev–Trinajstić information content (AvgIpc) is 3.17. The van der Waals surface area contributed by atoms with Crippen LogP contribution in [0.5, 0.6) is 0 Å². The molecular formula is C24H27N3O4. The second kappa shape index (κ2) is 8.91. The van der Waals surface area contributed by atoms with E-state index in [9.17, 15) is 14.7 Å². The maximum absolute atomic E-state index is 12.9. The number of benzene rings is 1. The number of hydrogen-bond donors (Lipinski definition) is 2. The first kappa shape index (κ1) is 21.1. The summed E-state index contributed by atoms with van der Waals surface area (Å²) in [6.07, 6.45) is 1.30. The number of amides is 1. The van der Waals surface area contributed by atoms with Gasteiger partial charge in [-0.2, -0.15) is 0 Å². The highest BCUT2D eigenvalue weighted by molar-refractivity contribution is 5.77. The van der Waals surface area contributed by atoms with Crippen LogP contribution < -0.4 is 10.9 Å². The van der Waals surface area contributed by atoms with Crippen LogP contribution in [0.1, 0.15) is 23.5 Å². The van der Waals surface area contributed by atoms with Crippen LogP contribution in [-0.2, 0) is 23.4 Å². The number of likely N-dealkylation sites (tertiary alicyclic amines) is 1. The molecule has 3 aromatic rings. The van der Waals surface area contributed by atoms with Crippen LogP contribution in [-0.4, -0.2) is 39.7 Å². The summed E-state index contributed by atoms with van der Waals surface area (Å²) >= 11 is 0. The van der Waals surface area contributed by atoms with Gasteiger partial charge in [-0.15, -0.1) is 0 Å². The summed E-state index contributed by atoms with van der Waals surface area (Å²) < 4.78 is 7.03. The highest BCUT2D eigenvalue weighted by Gasteiger charge is 2.45. The Morgan fingerprint density at radius 1 is 1.16 bits per heavy atom. The van der Waals surface area contributed by atoms with Gasteiger partial charge in [0.1, 0.15) is 18.1 Å². The van der Waals surface area contributed by atoms with Crippen molar-refractivity contribution in [2.24, 2.45) is 0 Å². The number of rotatable bonds is 6. The van der Waals surface area contributed by atoms with Gasteiger partial charge < -0.3 is 19.4 Å². The summed E-state index contributed by atoms with van der Waals surface area (Å²) in [6, 6.07) is 18.2. The third-order valence-electron chi connectivity index (χ3n) is 5.86. The molecule has 0 bridgehead atoms. The van der Waals surface area contributed by atoms with E-state index in [1.54, 1.807) is 18.3 Å². The lowest BCUT2D eigenvalue weighted by Crippen LogP contribution is -2.62. The van der Waals surface area contributed by atoms with Crippen molar-refractivity contribution >= 4 is 5.91 Å². The van der Waals surface area contributed by atoms with E-state index in [0.717, 1.165) is 17.1 Å². The molecule has 0 spiro atoms. The largest absolute Gasteiger partial charge is 0.465 e. The number of carbonyl (C=O) groups is 1. The van der Waals surface area contributed by atoms with Crippen molar-refractivity contribution in [2.75, 3.05) is 13.1 Å². The number of pyridine rings is 1. The van der Waals surface area contributed by atoms with Crippen molar-refractivity contribution in [3.8, 4) is 0 Å². The molecule has 4 rings (SSSR count). The van der Waals surface area contributed by atoms with Crippen molar-refractivity contribution in [2.45, 2.75) is 38.1 Å². The van der Waals surface area contributed by atoms with E-state index in [2.05, 4.69) is 10.2 Å². The minimum atomic E-state index is -0.924. The zero-order valence-electron chi connectivity index (χ0n) is 17.5. The van der Waals surface area contributed by atoms with Crippen molar-refractivity contribution < 1.29 is 14.3 Å². The topological polar surface area (TPSA) is 87.7 Å². The average molecular weight is 421 g/mol. The SMILES string of the molecule is Cc1ccc(CN2CC[C@@](NC(=O)Cn3ccccc3=O)(c3ccccc3)[C@H](O)C2)o1. The first-order valence-electron chi connectivity index (χ1n) is 10.4. The van der Waals surface area contributed by atoms with Crippen LogP contribution in [0.25, 0.3) is 0 Å². The molecule has 1 aliphatic rings. The molecule has 2 aromatic heterocycles. The third-order valence-corrected chi connectivity index (χ3v) is 5.86. The van der Waals surface area contributed by atoms with Crippen LogP contribution in [0.4, 0.5) is 0 Å². The highest BCUT2D eigenvalue weighted by Crippen LogP contribution is 2.34. The Labute approximate surface area is 180 Å². The minimum absolute atomic E-state index is 0.101. The van der Waals surface area contributed by atoms with Gasteiger partial charge in [-0.1, -0.05) is 36.4 Å². The molecule has 0 saturated carbocycles. The molecule has 31 heavy (non-hydrogen) atoms. The van der Waals surface area contributed by atoms with Crippen molar-refractivity contribution in [3.05, 3.63) is 94.3 Å². The molecular weight excluding hydrogens is 394 g/mol. The van der Waals surface area contributed by atoms with Crippen LogP contribution in [0, 0.1) is 6.92 Å². The molecule has 0 unspecified atom stereocenters. The Kier molecular flexibility index (Phi) is 6.06. The predicted molar refractivity (Wildman–Crippen MR) is 116 cm³/mol. The molecule has 7 heteroatoms. The van der Waals surface area contributed by atoms with Crippen molar-refractivity contribution in [1.29, 1.82) is 0 Å². The van der Waals surface area contributed by atoms with Crippen LogP contribution in [0.15, 0.2) is 76.1 Å². The van der Waals surface area contributed by atoms with Gasteiger partial charge in [-0.05, 0) is 37.1 Å². The molecule has 2 atom stereocenters. The van der Waals surface area contributed by atoms with Crippen LogP contribution >= 0.6 is 0 Å². The Balaban J connectivity index is 1.54. The number of hydrogen-bond acceptors (Lipinski definition) is 5. The summed E-state index contributed by atoms with van der Waals surface area (Å²) in [4.78, 5) is 27.0. The van der Waals surface area contributed by atoms with Crippen molar-refractivity contribution in [1.82, 2.24) is 14.8 Å². The van der Waals surface area contributed by atoms with Crippen molar-refractivity contribution in [3.63, 3.8) is 0 Å². The molecule has 7 nitrogen and oxygen atoms in total. The quantitative estimate of drug-likeness (QED) is 0.636. The molecule has 1 amide bonds. The van der Waals surface area contributed by atoms with Gasteiger partial charge in [0.2, 0.25) is 5.91 Å². The number of piperidine rings is 1. The Bertz CT molecular complexity index is 1090. The number of aliphatic hydroxyl groups is 1. The Morgan fingerprint density at radius 3 is 2.61 bits per heavy atom. The van der Waals surface area contributed by atoms with E-state index in [-0.39, 0.29) is 18.0 Å². The number of aliphatic hydroxyl groups excluding tert-OH is 1. The van der Waals surface area contributed by atoms with Crippen LogP contribution in [0.3, 0.4) is 0 Å². The minimum Gasteiger partial charge on any atom is -0.465 e. The lowest BCUT2D eigenvalue weighted by Gasteiger charge is -2.46. The first-order valence-corrected chi connectivity index (χ1v) is 10.4. The summed E-state index contributed by atoms with van der Waals surface area (Å²) in [5.74, 6) is 1.39. The summed E-state index contributed by atoms with van der Waals surface area (Å²) in [5.41, 5.74) is -0.313. The third kappa shape index (κ3) is 4.62. The second-order valence-electron chi connectivity index (χ2n) is 8.07. The van der Waals surface area contributed by atoms with E-state index in [1.807, 2.05) is 49.4 Å². The number of furan rings is 1. The second-order valence-corrected chi connectivity index (χ2v) is 8.07. The highest BCUT2D eigenvalue weighted by atomic mass is 16.3. The van der Waals surface area contributed by atoms with E-state index in [0.29, 0.717) is 26.1 Å². The number of β-amino-alcohol motifs (C(OH)–C–C–N with tert-alkyl or cyclic N) is 1.